The molecule has 0 radical (unpaired) electrons. The topological polar surface area (TPSA) is 84.0 Å². The van der Waals surface area contributed by atoms with E-state index in [9.17, 15) is 22.4 Å². The van der Waals surface area contributed by atoms with Crippen molar-refractivity contribution < 1.29 is 27.1 Å². The van der Waals surface area contributed by atoms with Crippen LogP contribution < -0.4 is 0 Å². The van der Waals surface area contributed by atoms with Crippen molar-refractivity contribution in [3.05, 3.63) is 51.7 Å². The van der Waals surface area contributed by atoms with Crippen LogP contribution in [0.1, 0.15) is 31.2 Å². The number of carbonyl (C=O) groups excluding carboxylic acids is 2. The Bertz CT molecular complexity index is 1110. The highest BCUT2D eigenvalue weighted by Crippen LogP contribution is 2.38. The van der Waals surface area contributed by atoms with Gasteiger partial charge in [0.2, 0.25) is 0 Å². The SMILES string of the molecule is COC(=O)c1c(S(=O)(=O)N2CCSCC2)sc2c1CCN(C(=O)c1ccc(F)cc1)C2. The lowest BCUT2D eigenvalue weighted by atomic mass is 10.0. The Labute approximate surface area is 188 Å². The molecule has 0 spiro atoms. The number of ether oxygens (including phenoxy) is 1. The lowest BCUT2D eigenvalue weighted by Gasteiger charge is -2.27. The molecular weight excluding hydrogens is 463 g/mol. The number of hydrogen-bond acceptors (Lipinski definition) is 7. The molecule has 1 saturated heterocycles. The van der Waals surface area contributed by atoms with E-state index in [2.05, 4.69) is 0 Å². The van der Waals surface area contributed by atoms with Gasteiger partial charge < -0.3 is 9.64 Å². The Kier molecular flexibility index (Phi) is 6.38. The van der Waals surface area contributed by atoms with E-state index in [4.69, 9.17) is 4.74 Å². The Morgan fingerprint density at radius 3 is 2.42 bits per heavy atom. The lowest BCUT2D eigenvalue weighted by molar-refractivity contribution is 0.0595. The van der Waals surface area contributed by atoms with E-state index in [1.54, 1.807) is 16.7 Å². The van der Waals surface area contributed by atoms with Gasteiger partial charge in [-0.05, 0) is 36.2 Å². The van der Waals surface area contributed by atoms with Crippen molar-refractivity contribution in [2.45, 2.75) is 17.2 Å². The first kappa shape index (κ1) is 22.3. The number of hydrogen-bond donors (Lipinski definition) is 0. The van der Waals surface area contributed by atoms with Crippen molar-refractivity contribution >= 4 is 45.0 Å². The normalized spacial score (nSPS) is 17.3. The number of halogens is 1. The van der Waals surface area contributed by atoms with Crippen LogP contribution in [0, 0.1) is 5.82 Å². The quantitative estimate of drug-likeness (QED) is 0.621. The molecule has 0 saturated carbocycles. The van der Waals surface area contributed by atoms with Crippen molar-refractivity contribution in [3.8, 4) is 0 Å². The first-order valence-electron chi connectivity index (χ1n) is 9.68. The van der Waals surface area contributed by atoms with Gasteiger partial charge in [0, 0.05) is 41.6 Å². The first-order valence-corrected chi connectivity index (χ1v) is 13.1. The predicted molar refractivity (Wildman–Crippen MR) is 117 cm³/mol. The van der Waals surface area contributed by atoms with Crippen molar-refractivity contribution in [2.75, 3.05) is 38.2 Å². The molecule has 1 aromatic heterocycles. The van der Waals surface area contributed by atoms with Crippen molar-refractivity contribution in [1.82, 2.24) is 9.21 Å². The van der Waals surface area contributed by atoms with Crippen LogP contribution >= 0.6 is 23.1 Å². The van der Waals surface area contributed by atoms with Crippen LogP contribution in [-0.4, -0.2) is 67.7 Å². The summed E-state index contributed by atoms with van der Waals surface area (Å²) < 4.78 is 46.1. The summed E-state index contributed by atoms with van der Waals surface area (Å²) in [5.74, 6) is 0.0386. The maximum Gasteiger partial charge on any atom is 0.340 e. The number of esters is 1. The van der Waals surface area contributed by atoms with Crippen LogP contribution in [-0.2, 0) is 27.7 Å². The standard InChI is InChI=1S/C20H21FN2O5S3/c1-28-19(25)17-15-6-7-22(18(24)13-2-4-14(21)5-3-13)12-16(15)30-20(17)31(26,27)23-8-10-29-11-9-23/h2-5H,6-12H2,1H3. The summed E-state index contributed by atoms with van der Waals surface area (Å²) in [6.45, 7) is 1.30. The lowest BCUT2D eigenvalue weighted by Crippen LogP contribution is -2.38. The summed E-state index contributed by atoms with van der Waals surface area (Å²) in [5, 5.41) is 0. The van der Waals surface area contributed by atoms with Gasteiger partial charge in [-0.3, -0.25) is 4.79 Å². The van der Waals surface area contributed by atoms with E-state index in [0.717, 1.165) is 11.3 Å². The molecule has 0 bridgehead atoms. The second-order valence-electron chi connectivity index (χ2n) is 7.16. The van der Waals surface area contributed by atoms with Crippen LogP contribution in [0.4, 0.5) is 4.39 Å². The molecule has 0 aliphatic carbocycles. The molecule has 0 atom stereocenters. The minimum Gasteiger partial charge on any atom is -0.465 e. The van der Waals surface area contributed by atoms with E-state index in [0.29, 0.717) is 53.6 Å². The maximum atomic E-state index is 13.3. The van der Waals surface area contributed by atoms with E-state index < -0.39 is 21.8 Å². The van der Waals surface area contributed by atoms with Crippen molar-refractivity contribution in [3.63, 3.8) is 0 Å². The number of amides is 1. The van der Waals surface area contributed by atoms with Crippen LogP contribution in [0.15, 0.2) is 28.5 Å². The fourth-order valence-electron chi connectivity index (χ4n) is 3.72. The number of thiophene rings is 1. The summed E-state index contributed by atoms with van der Waals surface area (Å²) >= 11 is 2.73. The smallest absolute Gasteiger partial charge is 0.340 e. The molecule has 31 heavy (non-hydrogen) atoms. The molecule has 1 amide bonds. The van der Waals surface area contributed by atoms with E-state index in [1.807, 2.05) is 0 Å². The van der Waals surface area contributed by atoms with Gasteiger partial charge in [0.1, 0.15) is 10.0 Å². The monoisotopic (exact) mass is 484 g/mol. The third-order valence-electron chi connectivity index (χ3n) is 5.34. The van der Waals surface area contributed by atoms with Gasteiger partial charge in [-0.1, -0.05) is 0 Å². The van der Waals surface area contributed by atoms with Crippen LogP contribution in [0.2, 0.25) is 0 Å². The summed E-state index contributed by atoms with van der Waals surface area (Å²) in [7, 11) is -2.61. The van der Waals surface area contributed by atoms with Gasteiger partial charge in [0.15, 0.2) is 0 Å². The molecule has 2 aliphatic rings. The predicted octanol–water partition coefficient (Wildman–Crippen LogP) is 2.61. The average Bonchev–Trinajstić information content (AvgIpc) is 3.19. The molecule has 11 heteroatoms. The molecule has 0 unspecified atom stereocenters. The fraction of sp³-hybridized carbons (Fsp3) is 0.400. The van der Waals surface area contributed by atoms with Gasteiger partial charge in [0.25, 0.3) is 15.9 Å². The minimum absolute atomic E-state index is 0.00710. The highest BCUT2D eigenvalue weighted by atomic mass is 32.2. The maximum absolute atomic E-state index is 13.3. The molecule has 3 heterocycles. The average molecular weight is 485 g/mol. The zero-order valence-corrected chi connectivity index (χ0v) is 19.2. The summed E-state index contributed by atoms with van der Waals surface area (Å²) in [5.41, 5.74) is 1.08. The van der Waals surface area contributed by atoms with Gasteiger partial charge in [0.05, 0.1) is 19.2 Å². The van der Waals surface area contributed by atoms with E-state index in [1.165, 1.54) is 35.7 Å². The van der Waals surface area contributed by atoms with Crippen molar-refractivity contribution in [1.29, 1.82) is 0 Å². The number of benzene rings is 1. The number of methoxy groups -OCH3 is 1. The molecule has 7 nitrogen and oxygen atoms in total. The Morgan fingerprint density at radius 2 is 1.77 bits per heavy atom. The Hall–Kier alpha value is -1.95. The number of rotatable bonds is 4. The molecule has 1 aromatic carbocycles. The molecule has 2 aliphatic heterocycles. The fourth-order valence-corrected chi connectivity index (χ4v) is 8.34. The Morgan fingerprint density at radius 1 is 1.10 bits per heavy atom. The van der Waals surface area contributed by atoms with Gasteiger partial charge in [-0.25, -0.2) is 17.6 Å². The zero-order valence-electron chi connectivity index (χ0n) is 16.8. The van der Waals surface area contributed by atoms with Crippen LogP contribution in [0.25, 0.3) is 0 Å². The van der Waals surface area contributed by atoms with Crippen LogP contribution in [0.5, 0.6) is 0 Å². The number of nitrogens with zero attached hydrogens (tertiary/aromatic N) is 2. The number of sulfonamides is 1. The number of fused-ring (bicyclic) bond motifs is 1. The molecule has 2 aromatic rings. The molecule has 4 rings (SSSR count). The summed E-state index contributed by atoms with van der Waals surface area (Å²) in [6.07, 6.45) is 0.342. The second-order valence-corrected chi connectivity index (χ2v) is 11.6. The molecule has 166 valence electrons. The molecule has 0 N–H and O–H groups in total. The third-order valence-corrected chi connectivity index (χ3v) is 9.89. The van der Waals surface area contributed by atoms with Gasteiger partial charge >= 0.3 is 5.97 Å². The zero-order chi connectivity index (χ0) is 22.2. The minimum atomic E-state index is -3.84. The summed E-state index contributed by atoms with van der Waals surface area (Å²) in [4.78, 5) is 27.6. The van der Waals surface area contributed by atoms with Gasteiger partial charge in [-0.15, -0.1) is 11.3 Å². The Balaban J connectivity index is 1.68. The highest BCUT2D eigenvalue weighted by Gasteiger charge is 2.38. The number of carbonyl (C=O) groups is 2. The van der Waals surface area contributed by atoms with E-state index >= 15 is 0 Å². The molecule has 1 fully saturated rings. The van der Waals surface area contributed by atoms with Crippen molar-refractivity contribution in [2.24, 2.45) is 0 Å². The number of thioether (sulfide) groups is 1. The third kappa shape index (κ3) is 4.23. The van der Waals surface area contributed by atoms with Crippen LogP contribution in [0.3, 0.4) is 0 Å². The summed E-state index contributed by atoms with van der Waals surface area (Å²) in [6, 6.07) is 5.30. The van der Waals surface area contributed by atoms with E-state index in [-0.39, 0.29) is 22.2 Å². The second kappa shape index (κ2) is 8.89. The largest absolute Gasteiger partial charge is 0.465 e. The molecular formula is C20H21FN2O5S3. The first-order chi connectivity index (χ1) is 14.8. The van der Waals surface area contributed by atoms with Gasteiger partial charge in [-0.2, -0.15) is 16.1 Å². The highest BCUT2D eigenvalue weighted by molar-refractivity contribution is 7.99.